The number of halogens is 1. The van der Waals surface area contributed by atoms with E-state index in [2.05, 4.69) is 34.5 Å². The molecule has 0 bridgehead atoms. The molecule has 4 aliphatic rings. The third kappa shape index (κ3) is 9.51. The van der Waals surface area contributed by atoms with Crippen molar-refractivity contribution in [1.82, 2.24) is 4.90 Å². The van der Waals surface area contributed by atoms with E-state index in [0.717, 1.165) is 36.7 Å². The highest BCUT2D eigenvalue weighted by Crippen LogP contribution is 2.46. The standard InChI is InChI=1S/C47H53IN4O12/c1-6-14-63-46(57)51-35-22-40(38(59-4)20-33(35)42(53)31-17-27(2)18-32(31)44(51)55)61-15-8-7-9-16-62-41-23-36-34(21-39(41)60-5)43(54)50-24-28(3)19-37(50)45(56)52(36)47(58)64-25-29-10-12-30(13-11-29)49-26-48/h6,10-13,17,20-24,31-32,37,44-45,49,55-56H,1,7-9,14-16,18-19,25-26H2,2-5H3/t31?,32-,37+,44+,45+/m1/s1. The van der Waals surface area contributed by atoms with Crippen molar-refractivity contribution in [2.24, 2.45) is 11.8 Å². The van der Waals surface area contributed by atoms with Crippen molar-refractivity contribution in [1.29, 1.82) is 0 Å². The number of Topliss-reactive ketones (excluding diaryl/α,β-unsaturated/α-hetero) is 1. The molecule has 0 fully saturated rings. The van der Waals surface area contributed by atoms with Crippen molar-refractivity contribution in [3.05, 3.63) is 101 Å². The summed E-state index contributed by atoms with van der Waals surface area (Å²) in [6.07, 6.45) is 3.15. The molecule has 64 heavy (non-hydrogen) atoms. The smallest absolute Gasteiger partial charge is 0.416 e. The fraction of sp³-hybridized carbons (Fsp3) is 0.404. The normalized spacial score (nSPS) is 21.0. The molecule has 3 amide bonds. The fourth-order valence-electron chi connectivity index (χ4n) is 8.58. The number of carbonyl (C=O) groups is 4. The maximum Gasteiger partial charge on any atom is 0.416 e. The maximum atomic E-state index is 14.0. The molecule has 3 heterocycles. The molecule has 1 aliphatic carbocycles. The number of hydrogen-bond acceptors (Lipinski definition) is 13. The van der Waals surface area contributed by atoms with E-state index in [1.807, 2.05) is 44.2 Å². The molecule has 0 saturated heterocycles. The van der Waals surface area contributed by atoms with Gasteiger partial charge in [-0.1, -0.05) is 64.6 Å². The predicted molar refractivity (Wildman–Crippen MR) is 246 cm³/mol. The van der Waals surface area contributed by atoms with Gasteiger partial charge in [0.2, 0.25) is 0 Å². The zero-order chi connectivity index (χ0) is 45.7. The van der Waals surface area contributed by atoms with Gasteiger partial charge in [0.05, 0.1) is 55.0 Å². The van der Waals surface area contributed by atoms with E-state index in [9.17, 15) is 29.4 Å². The Morgan fingerprint density at radius 3 is 2.05 bits per heavy atom. The highest BCUT2D eigenvalue weighted by molar-refractivity contribution is 14.1. The van der Waals surface area contributed by atoms with Gasteiger partial charge in [0, 0.05) is 41.4 Å². The van der Waals surface area contributed by atoms with Crippen molar-refractivity contribution in [3.63, 3.8) is 0 Å². The minimum absolute atomic E-state index is 0.0611. The highest BCUT2D eigenvalue weighted by atomic mass is 127. The van der Waals surface area contributed by atoms with Crippen molar-refractivity contribution in [2.75, 3.05) is 53.7 Å². The molecule has 3 aromatic rings. The van der Waals surface area contributed by atoms with E-state index >= 15 is 0 Å². The third-order valence-corrected chi connectivity index (χ3v) is 12.1. The van der Waals surface area contributed by atoms with Gasteiger partial charge < -0.3 is 48.9 Å². The molecule has 3 aliphatic heterocycles. The van der Waals surface area contributed by atoms with Gasteiger partial charge in [0.25, 0.3) is 5.91 Å². The van der Waals surface area contributed by atoms with Gasteiger partial charge in [-0.3, -0.25) is 14.5 Å². The summed E-state index contributed by atoms with van der Waals surface area (Å²) in [5, 5.41) is 26.5. The van der Waals surface area contributed by atoms with Gasteiger partial charge in [-0.05, 0) is 75.8 Å². The minimum atomic E-state index is -1.43. The van der Waals surface area contributed by atoms with Crippen LogP contribution in [0.1, 0.15) is 72.2 Å². The first-order valence-corrected chi connectivity index (χ1v) is 22.6. The van der Waals surface area contributed by atoms with Crippen LogP contribution in [0.3, 0.4) is 0 Å². The number of methoxy groups -OCH3 is 2. The van der Waals surface area contributed by atoms with Crippen LogP contribution in [0, 0.1) is 11.8 Å². The van der Waals surface area contributed by atoms with E-state index in [1.165, 1.54) is 49.5 Å². The lowest BCUT2D eigenvalue weighted by atomic mass is 9.88. The molecular formula is C47H53IN4O12. The molecule has 0 saturated carbocycles. The van der Waals surface area contributed by atoms with Gasteiger partial charge in [-0.2, -0.15) is 0 Å². The molecule has 3 aromatic carbocycles. The van der Waals surface area contributed by atoms with Crippen LogP contribution in [0.25, 0.3) is 0 Å². The molecule has 5 atom stereocenters. The number of nitrogens with one attached hydrogen (secondary N) is 1. The number of hydrogen-bond donors (Lipinski definition) is 3. The Hall–Kier alpha value is -5.79. The average molecular weight is 993 g/mol. The first kappa shape index (κ1) is 46.2. The Balaban J connectivity index is 1.03. The molecule has 1 unspecified atom stereocenters. The summed E-state index contributed by atoms with van der Waals surface area (Å²) in [5.41, 5.74) is 4.13. The van der Waals surface area contributed by atoms with Crippen LogP contribution in [0.4, 0.5) is 26.7 Å². The summed E-state index contributed by atoms with van der Waals surface area (Å²) in [4.78, 5) is 58.8. The van der Waals surface area contributed by atoms with E-state index < -0.39 is 48.4 Å². The number of nitrogens with zero attached hydrogens (tertiary/aromatic N) is 3. The number of anilines is 3. The van der Waals surface area contributed by atoms with E-state index in [4.69, 9.17) is 28.4 Å². The molecule has 7 rings (SSSR count). The number of aliphatic hydroxyl groups is 2. The van der Waals surface area contributed by atoms with Crippen LogP contribution in [-0.4, -0.2) is 96.1 Å². The van der Waals surface area contributed by atoms with Crippen molar-refractivity contribution >= 4 is 63.5 Å². The average Bonchev–Trinajstić information content (AvgIpc) is 3.86. The number of rotatable bonds is 16. The Morgan fingerprint density at radius 2 is 1.42 bits per heavy atom. The zero-order valence-electron chi connectivity index (χ0n) is 36.2. The molecule has 0 radical (unpaired) electrons. The number of ketones is 1. The van der Waals surface area contributed by atoms with E-state index in [0.29, 0.717) is 37.9 Å². The zero-order valence-corrected chi connectivity index (χ0v) is 38.4. The number of aliphatic hydroxyl groups excluding tert-OH is 2. The van der Waals surface area contributed by atoms with Crippen LogP contribution >= 0.6 is 22.6 Å². The first-order valence-electron chi connectivity index (χ1n) is 21.1. The number of amides is 3. The summed E-state index contributed by atoms with van der Waals surface area (Å²) < 4.78 is 35.5. The van der Waals surface area contributed by atoms with Crippen molar-refractivity contribution in [3.8, 4) is 23.0 Å². The quantitative estimate of drug-likeness (QED) is 0.0413. The minimum Gasteiger partial charge on any atom is -0.493 e. The van der Waals surface area contributed by atoms with E-state index in [-0.39, 0.29) is 72.0 Å². The van der Waals surface area contributed by atoms with Crippen LogP contribution in [-0.2, 0) is 16.1 Å². The molecule has 17 heteroatoms. The monoisotopic (exact) mass is 992 g/mol. The summed E-state index contributed by atoms with van der Waals surface area (Å²) in [6, 6.07) is 12.8. The Bertz CT molecular complexity index is 2330. The van der Waals surface area contributed by atoms with Crippen LogP contribution in [0.2, 0.25) is 0 Å². The van der Waals surface area contributed by atoms with Gasteiger partial charge in [0.1, 0.15) is 19.4 Å². The van der Waals surface area contributed by atoms with Crippen LogP contribution < -0.4 is 34.1 Å². The number of unbranched alkanes of at least 4 members (excludes halogenated alkanes) is 2. The number of carbonyl (C=O) groups excluding carboxylic acids is 4. The fourth-order valence-corrected chi connectivity index (χ4v) is 9.02. The van der Waals surface area contributed by atoms with Crippen molar-refractivity contribution in [2.45, 2.75) is 71.1 Å². The number of allylic oxidation sites excluding steroid dienone is 2. The Kier molecular flexibility index (Phi) is 14.7. The first-order chi connectivity index (χ1) is 30.9. The number of ether oxygens (including phenoxy) is 6. The molecule has 340 valence electrons. The van der Waals surface area contributed by atoms with Crippen molar-refractivity contribution < 1.29 is 57.8 Å². The van der Waals surface area contributed by atoms with E-state index in [1.54, 1.807) is 6.20 Å². The second-order valence-corrected chi connectivity index (χ2v) is 16.8. The largest absolute Gasteiger partial charge is 0.493 e. The highest BCUT2D eigenvalue weighted by Gasteiger charge is 2.47. The van der Waals surface area contributed by atoms with Gasteiger partial charge in [0.15, 0.2) is 35.0 Å². The Labute approximate surface area is 385 Å². The molecule has 3 N–H and O–H groups in total. The lowest BCUT2D eigenvalue weighted by Crippen LogP contribution is -2.50. The number of alkyl halides is 1. The molecule has 0 aromatic heterocycles. The Morgan fingerprint density at radius 1 is 0.812 bits per heavy atom. The lowest BCUT2D eigenvalue weighted by Gasteiger charge is -2.31. The van der Waals surface area contributed by atoms with Crippen LogP contribution in [0.5, 0.6) is 23.0 Å². The number of benzene rings is 3. The molecule has 0 spiro atoms. The second kappa shape index (κ2) is 20.4. The summed E-state index contributed by atoms with van der Waals surface area (Å²) >= 11 is 2.21. The maximum absolute atomic E-state index is 14.0. The number of fused-ring (bicyclic) bond motifs is 4. The van der Waals surface area contributed by atoms with Gasteiger partial charge in [-0.25, -0.2) is 14.5 Å². The predicted octanol–water partition coefficient (Wildman–Crippen LogP) is 7.96. The third-order valence-electron chi connectivity index (χ3n) is 11.7. The van der Waals surface area contributed by atoms with Gasteiger partial charge in [-0.15, -0.1) is 0 Å². The molecular weight excluding hydrogens is 939 g/mol. The lowest BCUT2D eigenvalue weighted by molar-refractivity contribution is 0.0544. The molecule has 16 nitrogen and oxygen atoms in total. The second-order valence-electron chi connectivity index (χ2n) is 16.0. The SMILES string of the molecule is C=CCOC(=O)N1c2cc(OCCCCCOc3cc4c(cc3OC)C(=O)N3C=C(C)C[C@H]3[C@H](O)N4C(=O)OCc3ccc(NCI)cc3)c(OC)cc2C(=O)C2C=C(C)C[C@H]2[C@@H]1O. The summed E-state index contributed by atoms with van der Waals surface area (Å²) in [5.74, 6) is -0.711. The van der Waals surface area contributed by atoms with Gasteiger partial charge >= 0.3 is 12.2 Å². The summed E-state index contributed by atoms with van der Waals surface area (Å²) in [7, 11) is 2.92. The van der Waals surface area contributed by atoms with Crippen LogP contribution in [0.15, 0.2) is 84.6 Å². The topological polar surface area (TPSA) is 186 Å². The summed E-state index contributed by atoms with van der Waals surface area (Å²) in [6.45, 7) is 7.69.